The monoisotopic (exact) mass is 468 g/mol. The summed E-state index contributed by atoms with van der Waals surface area (Å²) >= 11 is 0. The van der Waals surface area contributed by atoms with Crippen LogP contribution in [0.2, 0.25) is 0 Å². The summed E-state index contributed by atoms with van der Waals surface area (Å²) in [6.07, 6.45) is 0.726. The molecule has 1 saturated heterocycles. The molecule has 0 bridgehead atoms. The molecule has 0 atom stereocenters. The van der Waals surface area contributed by atoms with E-state index in [1.54, 1.807) is 9.80 Å². The Morgan fingerprint density at radius 2 is 1.00 bits per heavy atom. The van der Waals surface area contributed by atoms with E-state index in [9.17, 15) is 9.59 Å². The standard InChI is InChI=1S/C29H28N2O4/c32-28(20-34-26-12-10-22-6-1-3-8-24(22)18-26)30-14-5-15-31(17-16-30)29(33)21-35-27-13-11-23-7-2-4-9-25(23)19-27/h1-4,6-13,18-19H,5,14-17,20-21H2. The van der Waals surface area contributed by atoms with Crippen LogP contribution in [0, 0.1) is 0 Å². The number of carbonyl (C=O) groups is 2. The van der Waals surface area contributed by atoms with Gasteiger partial charge < -0.3 is 19.3 Å². The number of hydrogen-bond acceptors (Lipinski definition) is 4. The zero-order valence-corrected chi connectivity index (χ0v) is 19.6. The van der Waals surface area contributed by atoms with Gasteiger partial charge in [-0.3, -0.25) is 9.59 Å². The Labute approximate surface area is 204 Å². The first kappa shape index (κ1) is 22.7. The molecule has 0 unspecified atom stereocenters. The molecule has 35 heavy (non-hydrogen) atoms. The second-order valence-corrected chi connectivity index (χ2v) is 8.71. The van der Waals surface area contributed by atoms with E-state index in [2.05, 4.69) is 0 Å². The van der Waals surface area contributed by atoms with Crippen LogP contribution in [0.3, 0.4) is 0 Å². The molecular weight excluding hydrogens is 440 g/mol. The average Bonchev–Trinajstić information content (AvgIpc) is 3.17. The maximum Gasteiger partial charge on any atom is 0.260 e. The molecule has 4 aromatic carbocycles. The number of amides is 2. The number of hydrogen-bond donors (Lipinski definition) is 0. The van der Waals surface area contributed by atoms with E-state index in [0.29, 0.717) is 37.7 Å². The maximum atomic E-state index is 12.8. The molecule has 6 nitrogen and oxygen atoms in total. The SMILES string of the molecule is O=C(COc1ccc2ccccc2c1)N1CCCN(C(=O)COc2ccc3ccccc3c2)CC1. The number of benzene rings is 4. The number of carbonyl (C=O) groups excluding carboxylic acids is 2. The number of ether oxygens (including phenoxy) is 2. The van der Waals surface area contributed by atoms with Crippen LogP contribution < -0.4 is 9.47 Å². The zero-order chi connectivity index (χ0) is 24.0. The van der Waals surface area contributed by atoms with Crippen molar-refractivity contribution in [3.8, 4) is 11.5 Å². The smallest absolute Gasteiger partial charge is 0.260 e. The van der Waals surface area contributed by atoms with Crippen molar-refractivity contribution in [3.63, 3.8) is 0 Å². The predicted molar refractivity (Wildman–Crippen MR) is 137 cm³/mol. The fourth-order valence-corrected chi connectivity index (χ4v) is 4.40. The lowest BCUT2D eigenvalue weighted by Crippen LogP contribution is -2.40. The number of rotatable bonds is 6. The van der Waals surface area contributed by atoms with Crippen molar-refractivity contribution in [3.05, 3.63) is 84.9 Å². The molecule has 1 heterocycles. The van der Waals surface area contributed by atoms with Gasteiger partial charge in [0, 0.05) is 26.2 Å². The van der Waals surface area contributed by atoms with Crippen molar-refractivity contribution in [1.82, 2.24) is 9.80 Å². The summed E-state index contributed by atoms with van der Waals surface area (Å²) in [5, 5.41) is 4.42. The molecule has 178 valence electrons. The normalized spacial score (nSPS) is 14.1. The van der Waals surface area contributed by atoms with Crippen molar-refractivity contribution >= 4 is 33.4 Å². The van der Waals surface area contributed by atoms with E-state index in [0.717, 1.165) is 28.0 Å². The van der Waals surface area contributed by atoms with Crippen LogP contribution in [0.15, 0.2) is 84.9 Å². The minimum atomic E-state index is -0.0696. The highest BCUT2D eigenvalue weighted by Crippen LogP contribution is 2.22. The molecular formula is C29H28N2O4. The third-order valence-corrected chi connectivity index (χ3v) is 6.37. The van der Waals surface area contributed by atoms with Gasteiger partial charge >= 0.3 is 0 Å². The highest BCUT2D eigenvalue weighted by Gasteiger charge is 2.22. The van der Waals surface area contributed by atoms with E-state index in [1.807, 2.05) is 84.9 Å². The molecule has 1 aliphatic heterocycles. The van der Waals surface area contributed by atoms with Crippen molar-refractivity contribution in [2.45, 2.75) is 6.42 Å². The van der Waals surface area contributed by atoms with Crippen LogP contribution in [0.1, 0.15) is 6.42 Å². The Kier molecular flexibility index (Phi) is 6.80. The van der Waals surface area contributed by atoms with Crippen LogP contribution in [0.25, 0.3) is 21.5 Å². The first-order chi connectivity index (χ1) is 17.2. The van der Waals surface area contributed by atoms with Crippen molar-refractivity contribution in [2.75, 3.05) is 39.4 Å². The second kappa shape index (κ2) is 10.5. The molecule has 1 fully saturated rings. The van der Waals surface area contributed by atoms with Crippen LogP contribution >= 0.6 is 0 Å². The van der Waals surface area contributed by atoms with Gasteiger partial charge in [0.05, 0.1) is 0 Å². The lowest BCUT2D eigenvalue weighted by Gasteiger charge is -2.22. The Bertz CT molecular complexity index is 1250. The molecule has 1 aliphatic rings. The fraction of sp³-hybridized carbons (Fsp3) is 0.241. The van der Waals surface area contributed by atoms with Crippen LogP contribution in [-0.4, -0.2) is 61.0 Å². The first-order valence-corrected chi connectivity index (χ1v) is 11.9. The molecule has 0 aliphatic carbocycles. The van der Waals surface area contributed by atoms with Gasteiger partial charge in [-0.1, -0.05) is 60.7 Å². The van der Waals surface area contributed by atoms with Crippen molar-refractivity contribution in [1.29, 1.82) is 0 Å². The third kappa shape index (κ3) is 5.54. The van der Waals surface area contributed by atoms with Gasteiger partial charge in [-0.2, -0.15) is 0 Å². The molecule has 0 saturated carbocycles. The Balaban J connectivity index is 1.10. The minimum Gasteiger partial charge on any atom is -0.484 e. The molecule has 0 radical (unpaired) electrons. The Morgan fingerprint density at radius 1 is 0.571 bits per heavy atom. The van der Waals surface area contributed by atoms with Gasteiger partial charge in [-0.15, -0.1) is 0 Å². The van der Waals surface area contributed by atoms with Crippen molar-refractivity contribution < 1.29 is 19.1 Å². The number of nitrogens with zero attached hydrogens (tertiary/aromatic N) is 2. The maximum absolute atomic E-state index is 12.8. The molecule has 6 heteroatoms. The van der Waals surface area contributed by atoms with E-state index in [4.69, 9.17) is 9.47 Å². The quantitative estimate of drug-likeness (QED) is 0.418. The Morgan fingerprint density at radius 3 is 1.46 bits per heavy atom. The van der Waals surface area contributed by atoms with Gasteiger partial charge in [0.1, 0.15) is 11.5 Å². The van der Waals surface area contributed by atoms with Gasteiger partial charge in [0.15, 0.2) is 13.2 Å². The van der Waals surface area contributed by atoms with Gasteiger partial charge in [0.2, 0.25) is 0 Å². The lowest BCUT2D eigenvalue weighted by atomic mass is 10.1. The summed E-state index contributed by atoms with van der Waals surface area (Å²) in [5.41, 5.74) is 0. The van der Waals surface area contributed by atoms with E-state index in [-0.39, 0.29) is 25.0 Å². The topological polar surface area (TPSA) is 59.1 Å². The summed E-state index contributed by atoms with van der Waals surface area (Å²) in [7, 11) is 0. The molecule has 2 amide bonds. The molecule has 0 aromatic heterocycles. The molecule has 0 spiro atoms. The third-order valence-electron chi connectivity index (χ3n) is 6.37. The fourth-order valence-electron chi connectivity index (χ4n) is 4.40. The first-order valence-electron chi connectivity index (χ1n) is 11.9. The van der Waals surface area contributed by atoms with Gasteiger partial charge in [0.25, 0.3) is 11.8 Å². The summed E-state index contributed by atoms with van der Waals surface area (Å²) in [5.74, 6) is 1.21. The summed E-state index contributed by atoms with van der Waals surface area (Å²) in [6.45, 7) is 2.16. The average molecular weight is 469 g/mol. The second-order valence-electron chi connectivity index (χ2n) is 8.71. The zero-order valence-electron chi connectivity index (χ0n) is 19.6. The van der Waals surface area contributed by atoms with Gasteiger partial charge in [-0.05, 0) is 52.2 Å². The van der Waals surface area contributed by atoms with Crippen LogP contribution in [0.5, 0.6) is 11.5 Å². The highest BCUT2D eigenvalue weighted by molar-refractivity contribution is 5.85. The van der Waals surface area contributed by atoms with Crippen molar-refractivity contribution in [2.24, 2.45) is 0 Å². The Hall–Kier alpha value is -4.06. The van der Waals surface area contributed by atoms with E-state index >= 15 is 0 Å². The summed E-state index contributed by atoms with van der Waals surface area (Å²) < 4.78 is 11.5. The lowest BCUT2D eigenvalue weighted by molar-refractivity contribution is -0.135. The minimum absolute atomic E-state index is 0.0165. The van der Waals surface area contributed by atoms with E-state index < -0.39 is 0 Å². The summed E-state index contributed by atoms with van der Waals surface area (Å²) in [6, 6.07) is 27.7. The summed E-state index contributed by atoms with van der Waals surface area (Å²) in [4.78, 5) is 29.1. The van der Waals surface area contributed by atoms with Crippen LogP contribution in [-0.2, 0) is 9.59 Å². The molecule has 5 rings (SSSR count). The van der Waals surface area contributed by atoms with Gasteiger partial charge in [-0.25, -0.2) is 0 Å². The largest absolute Gasteiger partial charge is 0.484 e. The predicted octanol–water partition coefficient (Wildman–Crippen LogP) is 4.51. The molecule has 4 aromatic rings. The highest BCUT2D eigenvalue weighted by atomic mass is 16.5. The van der Waals surface area contributed by atoms with Crippen LogP contribution in [0.4, 0.5) is 0 Å². The molecule has 0 N–H and O–H groups in total. The number of fused-ring (bicyclic) bond motifs is 2. The van der Waals surface area contributed by atoms with E-state index in [1.165, 1.54) is 0 Å².